The number of rotatable bonds is 2. The van der Waals surface area contributed by atoms with E-state index in [2.05, 4.69) is 25.9 Å². The van der Waals surface area contributed by atoms with Gasteiger partial charge < -0.3 is 0 Å². The van der Waals surface area contributed by atoms with Gasteiger partial charge in [-0.2, -0.15) is 0 Å². The molecule has 1 fully saturated rings. The van der Waals surface area contributed by atoms with E-state index in [1.807, 2.05) is 0 Å². The molecular weight excluding hydrogens is 348 g/mol. The van der Waals surface area contributed by atoms with Crippen molar-refractivity contribution >= 4 is 49.3 Å². The van der Waals surface area contributed by atoms with E-state index in [4.69, 9.17) is 16.7 Å². The second kappa shape index (κ2) is 4.72. The third-order valence-corrected chi connectivity index (χ3v) is 4.37. The minimum atomic E-state index is -3.76. The summed E-state index contributed by atoms with van der Waals surface area (Å²) in [5, 5.41) is 4.10. The average Bonchev–Trinajstić information content (AvgIpc) is 2.60. The van der Waals surface area contributed by atoms with E-state index in [1.54, 1.807) is 0 Å². The van der Waals surface area contributed by atoms with E-state index in [1.165, 1.54) is 11.1 Å². The Balaban J connectivity index is 2.33. The molecule has 10 heteroatoms. The molecule has 98 valence electrons. The molecule has 0 bridgehead atoms. The normalized spacial score (nSPS) is 20.5. The number of carbonyl (C=O) groups excluding carboxylic acids is 1. The molecule has 1 saturated heterocycles. The molecule has 0 aliphatic carbocycles. The van der Waals surface area contributed by atoms with Gasteiger partial charge in [0, 0.05) is 13.0 Å². The SMILES string of the molecule is NS(=O)(=O)C1CC(=O)N(c2ncc(Br)nc2Cl)C1. The highest BCUT2D eigenvalue weighted by Gasteiger charge is 2.38. The summed E-state index contributed by atoms with van der Waals surface area (Å²) in [6.07, 6.45) is 1.20. The number of primary sulfonamides is 1. The van der Waals surface area contributed by atoms with Gasteiger partial charge in [0.1, 0.15) is 9.85 Å². The number of amides is 1. The summed E-state index contributed by atoms with van der Waals surface area (Å²) in [5.41, 5.74) is 0. The number of hydrogen-bond donors (Lipinski definition) is 1. The van der Waals surface area contributed by atoms with Gasteiger partial charge in [0.05, 0.1) is 6.20 Å². The van der Waals surface area contributed by atoms with Crippen molar-refractivity contribution in [1.29, 1.82) is 0 Å². The van der Waals surface area contributed by atoms with Gasteiger partial charge in [-0.05, 0) is 15.9 Å². The molecule has 2 N–H and O–H groups in total. The van der Waals surface area contributed by atoms with Crippen molar-refractivity contribution in [2.75, 3.05) is 11.4 Å². The van der Waals surface area contributed by atoms with Gasteiger partial charge >= 0.3 is 0 Å². The molecule has 2 heterocycles. The molecule has 1 aromatic heterocycles. The summed E-state index contributed by atoms with van der Waals surface area (Å²) in [6, 6.07) is 0. The van der Waals surface area contributed by atoms with Crippen molar-refractivity contribution < 1.29 is 13.2 Å². The Morgan fingerprint density at radius 2 is 2.22 bits per heavy atom. The highest BCUT2D eigenvalue weighted by atomic mass is 79.9. The molecule has 1 aromatic rings. The zero-order chi connectivity index (χ0) is 13.5. The Morgan fingerprint density at radius 1 is 1.56 bits per heavy atom. The van der Waals surface area contributed by atoms with Crippen molar-refractivity contribution in [2.24, 2.45) is 5.14 Å². The number of sulfonamides is 1. The topological polar surface area (TPSA) is 106 Å². The molecule has 1 aliphatic rings. The van der Waals surface area contributed by atoms with Crippen LogP contribution in [0.25, 0.3) is 0 Å². The lowest BCUT2D eigenvalue weighted by atomic mass is 10.4. The number of hydrogen-bond acceptors (Lipinski definition) is 5. The van der Waals surface area contributed by atoms with Crippen LogP contribution in [0.15, 0.2) is 10.8 Å². The van der Waals surface area contributed by atoms with Gasteiger partial charge in [-0.15, -0.1) is 0 Å². The Bertz CT molecular complexity index is 608. The quantitative estimate of drug-likeness (QED) is 0.820. The van der Waals surface area contributed by atoms with Gasteiger partial charge in [-0.3, -0.25) is 9.69 Å². The van der Waals surface area contributed by atoms with Crippen molar-refractivity contribution in [1.82, 2.24) is 9.97 Å². The third kappa shape index (κ3) is 2.63. The predicted octanol–water partition coefficient (Wildman–Crippen LogP) is 0.286. The Kier molecular flexibility index (Phi) is 3.58. The number of anilines is 1. The van der Waals surface area contributed by atoms with Gasteiger partial charge in [0.25, 0.3) is 0 Å². The standard InChI is InChI=1S/C8H8BrClN4O3S/c9-5-2-12-8(7(10)13-5)14-3-4(1-6(14)15)18(11,16)17/h2,4H,1,3H2,(H2,11,16,17). The summed E-state index contributed by atoms with van der Waals surface area (Å²) in [4.78, 5) is 20.8. The van der Waals surface area contributed by atoms with Crippen LogP contribution in [0.2, 0.25) is 5.15 Å². The van der Waals surface area contributed by atoms with Crippen molar-refractivity contribution in [3.8, 4) is 0 Å². The minimum Gasteiger partial charge on any atom is -0.293 e. The van der Waals surface area contributed by atoms with Gasteiger partial charge in [0.15, 0.2) is 11.0 Å². The van der Waals surface area contributed by atoms with Gasteiger partial charge in [-0.25, -0.2) is 23.5 Å². The zero-order valence-electron chi connectivity index (χ0n) is 8.88. The van der Waals surface area contributed by atoms with Crippen molar-refractivity contribution in [3.05, 3.63) is 16.0 Å². The van der Waals surface area contributed by atoms with E-state index in [-0.39, 0.29) is 23.9 Å². The molecular formula is C8H8BrClN4O3S. The first kappa shape index (κ1) is 13.7. The summed E-state index contributed by atoms with van der Waals surface area (Å²) < 4.78 is 22.9. The molecule has 7 nitrogen and oxygen atoms in total. The van der Waals surface area contributed by atoms with Gasteiger partial charge in [-0.1, -0.05) is 11.6 Å². The molecule has 1 aliphatic heterocycles. The summed E-state index contributed by atoms with van der Waals surface area (Å²) in [5.74, 6) is -0.261. The zero-order valence-corrected chi connectivity index (χ0v) is 12.0. The average molecular weight is 356 g/mol. The number of carbonyl (C=O) groups is 1. The maximum Gasteiger partial charge on any atom is 0.229 e. The molecule has 1 amide bonds. The molecule has 1 atom stereocenters. The highest BCUT2D eigenvalue weighted by Crippen LogP contribution is 2.28. The van der Waals surface area contributed by atoms with E-state index >= 15 is 0 Å². The summed E-state index contributed by atoms with van der Waals surface area (Å²) >= 11 is 8.94. The molecule has 0 aromatic carbocycles. The van der Waals surface area contributed by atoms with Crippen LogP contribution in [0.4, 0.5) is 5.82 Å². The first-order valence-corrected chi connectivity index (χ1v) is 7.57. The maximum absolute atomic E-state index is 11.7. The Hall–Kier alpha value is -0.770. The van der Waals surface area contributed by atoms with Crippen LogP contribution in [-0.2, 0) is 14.8 Å². The van der Waals surface area contributed by atoms with Crippen LogP contribution in [0.3, 0.4) is 0 Å². The fourth-order valence-electron chi connectivity index (χ4n) is 1.62. The minimum absolute atomic E-state index is 0.0211. The lowest BCUT2D eigenvalue weighted by Crippen LogP contribution is -2.32. The maximum atomic E-state index is 11.7. The molecule has 2 rings (SSSR count). The lowest BCUT2D eigenvalue weighted by molar-refractivity contribution is -0.117. The lowest BCUT2D eigenvalue weighted by Gasteiger charge is -2.15. The Morgan fingerprint density at radius 3 is 2.72 bits per heavy atom. The van der Waals surface area contributed by atoms with E-state index in [0.717, 1.165) is 0 Å². The Labute approximate surface area is 117 Å². The number of aromatic nitrogens is 2. The monoisotopic (exact) mass is 354 g/mol. The summed E-state index contributed by atoms with van der Waals surface area (Å²) in [6.45, 7) is -0.0618. The fourth-order valence-corrected chi connectivity index (χ4v) is 2.98. The van der Waals surface area contributed by atoms with Crippen LogP contribution in [0, 0.1) is 0 Å². The fraction of sp³-hybridized carbons (Fsp3) is 0.375. The second-order valence-corrected chi connectivity index (χ2v) is 6.74. The molecule has 1 unspecified atom stereocenters. The van der Waals surface area contributed by atoms with E-state index in [9.17, 15) is 13.2 Å². The van der Waals surface area contributed by atoms with Crippen LogP contribution in [0.5, 0.6) is 0 Å². The molecule has 18 heavy (non-hydrogen) atoms. The molecule has 0 spiro atoms. The van der Waals surface area contributed by atoms with Crippen molar-refractivity contribution in [3.63, 3.8) is 0 Å². The van der Waals surface area contributed by atoms with E-state index < -0.39 is 21.2 Å². The second-order valence-electron chi connectivity index (χ2n) is 3.73. The summed E-state index contributed by atoms with van der Waals surface area (Å²) in [7, 11) is -3.76. The van der Waals surface area contributed by atoms with Crippen LogP contribution in [-0.4, -0.2) is 36.1 Å². The van der Waals surface area contributed by atoms with Crippen LogP contribution in [0.1, 0.15) is 6.42 Å². The number of nitrogens with two attached hydrogens (primary N) is 1. The van der Waals surface area contributed by atoms with Crippen LogP contribution >= 0.6 is 27.5 Å². The number of halogens is 2. The number of nitrogens with zero attached hydrogens (tertiary/aromatic N) is 3. The molecule has 0 radical (unpaired) electrons. The van der Waals surface area contributed by atoms with Gasteiger partial charge in [0.2, 0.25) is 15.9 Å². The van der Waals surface area contributed by atoms with E-state index in [0.29, 0.717) is 4.60 Å². The van der Waals surface area contributed by atoms with Crippen molar-refractivity contribution in [2.45, 2.75) is 11.7 Å². The first-order chi connectivity index (χ1) is 8.29. The first-order valence-electron chi connectivity index (χ1n) is 4.79. The smallest absolute Gasteiger partial charge is 0.229 e. The molecule has 0 saturated carbocycles. The predicted molar refractivity (Wildman–Crippen MR) is 68.6 cm³/mol. The largest absolute Gasteiger partial charge is 0.293 e. The van der Waals surface area contributed by atoms with Crippen LogP contribution < -0.4 is 10.0 Å². The third-order valence-electron chi connectivity index (χ3n) is 2.49. The highest BCUT2D eigenvalue weighted by molar-refractivity contribution is 9.10.